The van der Waals surface area contributed by atoms with E-state index < -0.39 is 18.2 Å². The normalized spacial score (nSPS) is 17.2. The van der Waals surface area contributed by atoms with Crippen molar-refractivity contribution in [3.8, 4) is 17.0 Å². The molecule has 0 bridgehead atoms. The van der Waals surface area contributed by atoms with Crippen molar-refractivity contribution in [3.05, 3.63) is 70.5 Å². The molecule has 1 fully saturated rings. The van der Waals surface area contributed by atoms with Crippen molar-refractivity contribution in [3.63, 3.8) is 0 Å². The molecule has 1 aromatic heterocycles. The van der Waals surface area contributed by atoms with Gasteiger partial charge in [0.25, 0.3) is 0 Å². The lowest BCUT2D eigenvalue weighted by Crippen LogP contribution is -2.34. The topological polar surface area (TPSA) is 96.8 Å². The number of aliphatic hydroxyl groups is 1. The van der Waals surface area contributed by atoms with Gasteiger partial charge in [0, 0.05) is 12.1 Å². The van der Waals surface area contributed by atoms with Gasteiger partial charge in [0.1, 0.15) is 18.2 Å². The van der Waals surface area contributed by atoms with Crippen molar-refractivity contribution in [1.29, 1.82) is 0 Å². The molecule has 1 aliphatic rings. The number of hydrogen-bond donors (Lipinski definition) is 2. The molecule has 1 saturated heterocycles. The minimum Gasteiger partial charge on any atom is -0.497 e. The number of benzene rings is 2. The van der Waals surface area contributed by atoms with E-state index in [1.807, 2.05) is 56.3 Å². The molecule has 1 amide bonds. The van der Waals surface area contributed by atoms with E-state index >= 15 is 0 Å². The zero-order valence-corrected chi connectivity index (χ0v) is 21.5. The molecule has 190 valence electrons. The number of carbonyl (C=O) groups is 1. The minimum absolute atomic E-state index is 0.181. The highest BCUT2D eigenvalue weighted by Gasteiger charge is 2.35. The summed E-state index contributed by atoms with van der Waals surface area (Å²) in [6, 6.07) is 14.6. The lowest BCUT2D eigenvalue weighted by atomic mass is 10.1. The Hall–Kier alpha value is -3.36. The molecule has 2 heterocycles. The first kappa shape index (κ1) is 25.7. The van der Waals surface area contributed by atoms with Crippen molar-refractivity contribution < 1.29 is 19.4 Å². The van der Waals surface area contributed by atoms with Gasteiger partial charge in [-0.15, -0.1) is 0 Å². The SMILES string of the molecule is CCc1nc(-c2ccc(OC)cc2Cl)c(CC)nc1NC1CN(C(=O)OCc2ccccc2)CC1O. The third-order valence-electron chi connectivity index (χ3n) is 6.22. The van der Waals surface area contributed by atoms with Gasteiger partial charge in [0.2, 0.25) is 0 Å². The molecule has 4 rings (SSSR count). The van der Waals surface area contributed by atoms with E-state index in [1.165, 1.54) is 4.90 Å². The van der Waals surface area contributed by atoms with Crippen LogP contribution in [0.3, 0.4) is 0 Å². The molecule has 0 aliphatic carbocycles. The number of amides is 1. The van der Waals surface area contributed by atoms with E-state index in [0.717, 1.165) is 28.2 Å². The second-order valence-electron chi connectivity index (χ2n) is 8.63. The predicted octanol–water partition coefficient (Wildman–Crippen LogP) is 4.72. The van der Waals surface area contributed by atoms with Crippen molar-refractivity contribution in [1.82, 2.24) is 14.9 Å². The Bertz CT molecular complexity index is 1210. The van der Waals surface area contributed by atoms with Gasteiger partial charge in [-0.1, -0.05) is 55.8 Å². The zero-order valence-electron chi connectivity index (χ0n) is 20.7. The van der Waals surface area contributed by atoms with Crippen LogP contribution in [0.1, 0.15) is 30.8 Å². The predicted molar refractivity (Wildman–Crippen MR) is 139 cm³/mol. The summed E-state index contributed by atoms with van der Waals surface area (Å²) in [7, 11) is 1.60. The lowest BCUT2D eigenvalue weighted by Gasteiger charge is -2.20. The van der Waals surface area contributed by atoms with Gasteiger partial charge in [-0.25, -0.2) is 14.8 Å². The van der Waals surface area contributed by atoms with E-state index in [-0.39, 0.29) is 13.2 Å². The fraction of sp³-hybridized carbons (Fsp3) is 0.370. The molecule has 2 aromatic carbocycles. The summed E-state index contributed by atoms with van der Waals surface area (Å²) in [5.74, 6) is 1.28. The van der Waals surface area contributed by atoms with Crippen LogP contribution in [0.4, 0.5) is 10.6 Å². The van der Waals surface area contributed by atoms with Crippen molar-refractivity contribution in [2.24, 2.45) is 0 Å². The third-order valence-corrected chi connectivity index (χ3v) is 6.53. The Morgan fingerprint density at radius 2 is 1.86 bits per heavy atom. The Morgan fingerprint density at radius 1 is 1.11 bits per heavy atom. The van der Waals surface area contributed by atoms with E-state index in [1.54, 1.807) is 13.2 Å². The number of ether oxygens (including phenoxy) is 2. The fourth-order valence-electron chi connectivity index (χ4n) is 4.21. The molecule has 9 heteroatoms. The highest BCUT2D eigenvalue weighted by molar-refractivity contribution is 6.33. The summed E-state index contributed by atoms with van der Waals surface area (Å²) in [5.41, 5.74) is 3.97. The molecule has 0 radical (unpaired) electrons. The third kappa shape index (κ3) is 5.71. The van der Waals surface area contributed by atoms with Gasteiger partial charge >= 0.3 is 6.09 Å². The molecule has 2 atom stereocenters. The van der Waals surface area contributed by atoms with Crippen LogP contribution in [0.5, 0.6) is 5.75 Å². The van der Waals surface area contributed by atoms with Crippen LogP contribution >= 0.6 is 11.6 Å². The summed E-state index contributed by atoms with van der Waals surface area (Å²) in [6.07, 6.45) is 0.0598. The standard InChI is InChI=1S/C27H31ClN4O4/c1-4-21-25(19-12-11-18(35-3)13-20(19)28)29-22(5-2)26(30-21)31-23-14-32(15-24(23)33)27(34)36-16-17-9-7-6-8-10-17/h6-13,23-24,33H,4-5,14-16H2,1-3H3,(H,30,31). The van der Waals surface area contributed by atoms with E-state index in [0.29, 0.717) is 36.0 Å². The largest absolute Gasteiger partial charge is 0.497 e. The van der Waals surface area contributed by atoms with Gasteiger partial charge in [-0.05, 0) is 36.6 Å². The second kappa shape index (κ2) is 11.6. The Labute approximate surface area is 216 Å². The number of rotatable bonds is 8. The van der Waals surface area contributed by atoms with E-state index in [4.69, 9.17) is 31.0 Å². The van der Waals surface area contributed by atoms with Crippen LogP contribution in [0.2, 0.25) is 5.02 Å². The number of β-amino-alcohol motifs (C(OH)–C–C–N with tert-alkyl or cyclic N) is 1. The maximum Gasteiger partial charge on any atom is 0.410 e. The van der Waals surface area contributed by atoms with Crippen LogP contribution in [0, 0.1) is 0 Å². The van der Waals surface area contributed by atoms with Gasteiger partial charge in [0.05, 0.1) is 47.9 Å². The van der Waals surface area contributed by atoms with Crippen LogP contribution < -0.4 is 10.1 Å². The highest BCUT2D eigenvalue weighted by atomic mass is 35.5. The number of anilines is 1. The molecule has 2 N–H and O–H groups in total. The van der Waals surface area contributed by atoms with Crippen molar-refractivity contribution in [2.75, 3.05) is 25.5 Å². The van der Waals surface area contributed by atoms with Crippen LogP contribution in [-0.4, -0.2) is 58.4 Å². The Morgan fingerprint density at radius 3 is 2.53 bits per heavy atom. The first-order valence-electron chi connectivity index (χ1n) is 12.1. The highest BCUT2D eigenvalue weighted by Crippen LogP contribution is 2.33. The molecule has 8 nitrogen and oxygen atoms in total. The molecule has 2 unspecified atom stereocenters. The average molecular weight is 511 g/mol. The van der Waals surface area contributed by atoms with Crippen molar-refractivity contribution >= 4 is 23.5 Å². The van der Waals surface area contributed by atoms with Crippen LogP contribution in [0.25, 0.3) is 11.3 Å². The number of carbonyl (C=O) groups excluding carboxylic acids is 1. The molecule has 0 spiro atoms. The zero-order chi connectivity index (χ0) is 25.7. The van der Waals surface area contributed by atoms with Gasteiger partial charge in [0.15, 0.2) is 0 Å². The molecule has 3 aromatic rings. The Kier molecular flexibility index (Phi) is 8.28. The number of aliphatic hydroxyl groups excluding tert-OH is 1. The van der Waals surface area contributed by atoms with E-state index in [9.17, 15) is 9.90 Å². The fourth-order valence-corrected chi connectivity index (χ4v) is 4.47. The molecule has 0 saturated carbocycles. The summed E-state index contributed by atoms with van der Waals surface area (Å²) >= 11 is 6.53. The molecule has 36 heavy (non-hydrogen) atoms. The summed E-state index contributed by atoms with van der Waals surface area (Å²) in [5, 5.41) is 14.5. The molecular formula is C27H31ClN4O4. The number of nitrogens with one attached hydrogen (secondary N) is 1. The summed E-state index contributed by atoms with van der Waals surface area (Å²) in [4.78, 5) is 23.8. The maximum absolute atomic E-state index is 12.6. The smallest absolute Gasteiger partial charge is 0.410 e. The first-order chi connectivity index (χ1) is 17.4. The van der Waals surface area contributed by atoms with E-state index in [2.05, 4.69) is 5.32 Å². The number of hydrogen-bond acceptors (Lipinski definition) is 7. The second-order valence-corrected chi connectivity index (χ2v) is 9.04. The van der Waals surface area contributed by atoms with Gasteiger partial charge < -0.3 is 24.8 Å². The summed E-state index contributed by atoms with van der Waals surface area (Å²) in [6.45, 7) is 4.67. The quantitative estimate of drug-likeness (QED) is 0.452. The average Bonchev–Trinajstić information content (AvgIpc) is 3.27. The number of nitrogens with zero attached hydrogens (tertiary/aromatic N) is 3. The van der Waals surface area contributed by atoms with Crippen LogP contribution in [0.15, 0.2) is 48.5 Å². The van der Waals surface area contributed by atoms with Gasteiger partial charge in [-0.3, -0.25) is 0 Å². The summed E-state index contributed by atoms with van der Waals surface area (Å²) < 4.78 is 10.7. The number of halogens is 1. The van der Waals surface area contributed by atoms with Crippen LogP contribution in [-0.2, 0) is 24.2 Å². The lowest BCUT2D eigenvalue weighted by molar-refractivity contribution is 0.0971. The number of methoxy groups -OCH3 is 1. The number of aromatic nitrogens is 2. The maximum atomic E-state index is 12.6. The Balaban J connectivity index is 1.50. The monoisotopic (exact) mass is 510 g/mol. The number of aryl methyl sites for hydroxylation is 2. The van der Waals surface area contributed by atoms with Crippen molar-refractivity contribution in [2.45, 2.75) is 45.4 Å². The molecular weight excluding hydrogens is 480 g/mol. The molecule has 1 aliphatic heterocycles. The van der Waals surface area contributed by atoms with Gasteiger partial charge in [-0.2, -0.15) is 0 Å². The number of likely N-dealkylation sites (tertiary alicyclic amines) is 1. The minimum atomic E-state index is -0.762. The first-order valence-corrected chi connectivity index (χ1v) is 12.4.